The van der Waals surface area contributed by atoms with Crippen LogP contribution in [0.1, 0.15) is 32.3 Å². The van der Waals surface area contributed by atoms with Crippen molar-refractivity contribution in [3.63, 3.8) is 0 Å². The van der Waals surface area contributed by atoms with E-state index in [1.165, 1.54) is 18.5 Å². The Kier molecular flexibility index (Phi) is 3.04. The Morgan fingerprint density at radius 2 is 1.75 bits per heavy atom. The Bertz CT molecular complexity index is 635. The predicted molar refractivity (Wildman–Crippen MR) is 71.0 cm³/mol. The topological polar surface area (TPSA) is 70.5 Å². The van der Waals surface area contributed by atoms with Crippen LogP contribution in [0.2, 0.25) is 0 Å². The van der Waals surface area contributed by atoms with Crippen LogP contribution in [0.5, 0.6) is 0 Å². The molecule has 0 saturated heterocycles. The molecule has 5 heteroatoms. The minimum Gasteiger partial charge on any atom is -0.394 e. The third kappa shape index (κ3) is 1.80. The van der Waals surface area contributed by atoms with E-state index in [0.29, 0.717) is 5.56 Å². The second kappa shape index (κ2) is 4.86. The van der Waals surface area contributed by atoms with Gasteiger partial charge in [0.05, 0.1) is 23.8 Å². The van der Waals surface area contributed by atoms with Gasteiger partial charge in [-0.05, 0) is 11.6 Å². The lowest BCUT2D eigenvalue weighted by Crippen LogP contribution is -2.36. The zero-order valence-corrected chi connectivity index (χ0v) is 10.6. The molecule has 1 N–H and O–H groups in total. The standard InChI is InChI=1S/C15H12N2O3/c18-9-13(10-4-2-1-3-5-10)17-14(19)11-6-7-16-8-12(11)15(17)20/h1-8,13,18H,9H2/t13-/m1/s1. The van der Waals surface area contributed by atoms with Gasteiger partial charge in [-0.15, -0.1) is 0 Å². The SMILES string of the molecule is O=C1c2ccncc2C(=O)N1[C@H](CO)c1ccccc1. The minimum absolute atomic E-state index is 0.284. The zero-order valence-electron chi connectivity index (χ0n) is 10.6. The van der Waals surface area contributed by atoms with Crippen LogP contribution in [0.3, 0.4) is 0 Å². The Hall–Kier alpha value is -2.53. The van der Waals surface area contributed by atoms with E-state index in [-0.39, 0.29) is 12.2 Å². The van der Waals surface area contributed by atoms with Crippen molar-refractivity contribution in [3.8, 4) is 0 Å². The van der Waals surface area contributed by atoms with Crippen molar-refractivity contribution in [1.82, 2.24) is 9.88 Å². The number of carbonyl (C=O) groups excluding carboxylic acids is 2. The molecule has 2 aromatic rings. The van der Waals surface area contributed by atoms with Gasteiger partial charge < -0.3 is 5.11 Å². The fraction of sp³-hybridized carbons (Fsp3) is 0.133. The molecule has 0 bridgehead atoms. The first-order chi connectivity index (χ1) is 9.74. The molecule has 0 aliphatic carbocycles. The normalized spacial score (nSPS) is 15.3. The average Bonchev–Trinajstić information content (AvgIpc) is 2.75. The van der Waals surface area contributed by atoms with E-state index in [0.717, 1.165) is 10.5 Å². The van der Waals surface area contributed by atoms with E-state index in [9.17, 15) is 14.7 Å². The van der Waals surface area contributed by atoms with Gasteiger partial charge in [-0.3, -0.25) is 19.5 Å². The molecule has 0 radical (unpaired) electrons. The first-order valence-corrected chi connectivity index (χ1v) is 6.21. The zero-order chi connectivity index (χ0) is 14.1. The molecule has 1 aliphatic rings. The number of carbonyl (C=O) groups is 2. The average molecular weight is 268 g/mol. The number of amides is 2. The van der Waals surface area contributed by atoms with E-state index >= 15 is 0 Å². The number of hydrogen-bond acceptors (Lipinski definition) is 4. The van der Waals surface area contributed by atoms with Crippen molar-refractivity contribution in [2.75, 3.05) is 6.61 Å². The van der Waals surface area contributed by atoms with E-state index in [4.69, 9.17) is 0 Å². The van der Waals surface area contributed by atoms with Gasteiger partial charge in [0.1, 0.15) is 0 Å². The number of nitrogens with zero attached hydrogens (tertiary/aromatic N) is 2. The second-order valence-electron chi connectivity index (χ2n) is 4.51. The molecule has 0 saturated carbocycles. The summed E-state index contributed by atoms with van der Waals surface area (Å²) in [5, 5.41) is 9.59. The number of pyridine rings is 1. The molecule has 2 heterocycles. The predicted octanol–water partition coefficient (Wildman–Crippen LogP) is 1.41. The summed E-state index contributed by atoms with van der Waals surface area (Å²) in [4.78, 5) is 29.7. The Labute approximate surface area is 115 Å². The van der Waals surface area contributed by atoms with E-state index in [2.05, 4.69) is 4.98 Å². The van der Waals surface area contributed by atoms with Crippen LogP contribution in [-0.4, -0.2) is 33.4 Å². The van der Waals surface area contributed by atoms with Gasteiger partial charge in [0.15, 0.2) is 0 Å². The van der Waals surface area contributed by atoms with Crippen molar-refractivity contribution in [2.45, 2.75) is 6.04 Å². The van der Waals surface area contributed by atoms with Crippen molar-refractivity contribution in [3.05, 3.63) is 65.5 Å². The summed E-state index contributed by atoms with van der Waals surface area (Å²) in [6, 6.07) is 9.85. The van der Waals surface area contributed by atoms with Crippen molar-refractivity contribution in [1.29, 1.82) is 0 Å². The third-order valence-electron chi connectivity index (χ3n) is 3.39. The fourth-order valence-corrected chi connectivity index (χ4v) is 2.40. The highest BCUT2D eigenvalue weighted by molar-refractivity contribution is 6.21. The molecule has 1 aromatic heterocycles. The summed E-state index contributed by atoms with van der Waals surface area (Å²) in [5.41, 5.74) is 1.34. The lowest BCUT2D eigenvalue weighted by Gasteiger charge is -2.24. The third-order valence-corrected chi connectivity index (χ3v) is 3.39. The number of rotatable bonds is 3. The monoisotopic (exact) mass is 268 g/mol. The van der Waals surface area contributed by atoms with Crippen LogP contribution in [0.15, 0.2) is 48.8 Å². The van der Waals surface area contributed by atoms with Gasteiger partial charge in [0.2, 0.25) is 0 Å². The number of aliphatic hydroxyl groups excluding tert-OH is 1. The van der Waals surface area contributed by atoms with Crippen LogP contribution < -0.4 is 0 Å². The first kappa shape index (κ1) is 12.5. The van der Waals surface area contributed by atoms with E-state index in [1.54, 1.807) is 24.3 Å². The number of fused-ring (bicyclic) bond motifs is 1. The molecular weight excluding hydrogens is 256 g/mol. The smallest absolute Gasteiger partial charge is 0.263 e. The minimum atomic E-state index is -0.677. The quantitative estimate of drug-likeness (QED) is 0.854. The first-order valence-electron chi connectivity index (χ1n) is 6.21. The molecule has 5 nitrogen and oxygen atoms in total. The molecule has 0 fully saturated rings. The van der Waals surface area contributed by atoms with E-state index in [1.807, 2.05) is 6.07 Å². The highest BCUT2D eigenvalue weighted by Gasteiger charge is 2.40. The lowest BCUT2D eigenvalue weighted by atomic mass is 10.1. The highest BCUT2D eigenvalue weighted by Crippen LogP contribution is 2.30. The maximum absolute atomic E-state index is 12.3. The Morgan fingerprint density at radius 1 is 1.05 bits per heavy atom. The Balaban J connectivity index is 2.03. The second-order valence-corrected chi connectivity index (χ2v) is 4.51. The number of hydrogen-bond donors (Lipinski definition) is 1. The van der Waals surface area contributed by atoms with Gasteiger partial charge >= 0.3 is 0 Å². The maximum atomic E-state index is 12.3. The molecule has 2 amide bonds. The number of benzene rings is 1. The molecule has 3 rings (SSSR count). The number of aliphatic hydroxyl groups is 1. The van der Waals surface area contributed by atoms with Crippen LogP contribution in [0, 0.1) is 0 Å². The largest absolute Gasteiger partial charge is 0.394 e. The van der Waals surface area contributed by atoms with Crippen molar-refractivity contribution in [2.24, 2.45) is 0 Å². The fourth-order valence-electron chi connectivity index (χ4n) is 2.40. The molecule has 1 aliphatic heterocycles. The number of imide groups is 1. The molecule has 0 unspecified atom stereocenters. The van der Waals surface area contributed by atoms with Crippen LogP contribution in [-0.2, 0) is 0 Å². The van der Waals surface area contributed by atoms with Gasteiger partial charge in [-0.25, -0.2) is 0 Å². The van der Waals surface area contributed by atoms with Gasteiger partial charge in [0.25, 0.3) is 11.8 Å². The van der Waals surface area contributed by atoms with Crippen molar-refractivity contribution < 1.29 is 14.7 Å². The summed E-state index contributed by atoms with van der Waals surface area (Å²) < 4.78 is 0. The summed E-state index contributed by atoms with van der Waals surface area (Å²) in [6.45, 7) is -0.317. The van der Waals surface area contributed by atoms with E-state index < -0.39 is 17.9 Å². The Morgan fingerprint density at radius 3 is 2.40 bits per heavy atom. The maximum Gasteiger partial charge on any atom is 0.263 e. The van der Waals surface area contributed by atoms with Crippen molar-refractivity contribution >= 4 is 11.8 Å². The molecule has 0 spiro atoms. The molecule has 100 valence electrons. The summed E-state index contributed by atoms with van der Waals surface area (Å²) in [6.07, 6.45) is 2.86. The van der Waals surface area contributed by atoms with Crippen LogP contribution >= 0.6 is 0 Å². The highest BCUT2D eigenvalue weighted by atomic mass is 16.3. The summed E-state index contributed by atoms with van der Waals surface area (Å²) in [7, 11) is 0. The van der Waals surface area contributed by atoms with Crippen LogP contribution in [0.25, 0.3) is 0 Å². The lowest BCUT2D eigenvalue weighted by molar-refractivity contribution is 0.0514. The van der Waals surface area contributed by atoms with Gasteiger partial charge in [-0.2, -0.15) is 0 Å². The number of aromatic nitrogens is 1. The molecular formula is C15H12N2O3. The molecule has 20 heavy (non-hydrogen) atoms. The summed E-state index contributed by atoms with van der Waals surface area (Å²) >= 11 is 0. The van der Waals surface area contributed by atoms with Crippen LogP contribution in [0.4, 0.5) is 0 Å². The van der Waals surface area contributed by atoms with Gasteiger partial charge in [-0.1, -0.05) is 30.3 Å². The van der Waals surface area contributed by atoms with Gasteiger partial charge in [0, 0.05) is 12.4 Å². The molecule has 1 atom stereocenters. The summed E-state index contributed by atoms with van der Waals surface area (Å²) in [5.74, 6) is -0.809. The molecule has 1 aromatic carbocycles.